The molecule has 29 heavy (non-hydrogen) atoms. The molecule has 0 fully saturated rings. The van der Waals surface area contributed by atoms with E-state index in [-0.39, 0.29) is 12.1 Å². The highest BCUT2D eigenvalue weighted by Crippen LogP contribution is 2.28. The van der Waals surface area contributed by atoms with Crippen molar-refractivity contribution in [2.75, 3.05) is 20.8 Å². The van der Waals surface area contributed by atoms with Gasteiger partial charge in [0.15, 0.2) is 11.5 Å². The molecule has 8 heteroatoms. The van der Waals surface area contributed by atoms with Crippen LogP contribution in [0.5, 0.6) is 11.5 Å². The number of hydrogen-bond acceptors (Lipinski definition) is 5. The van der Waals surface area contributed by atoms with Gasteiger partial charge in [-0.15, -0.1) is 0 Å². The molecule has 2 N–H and O–H groups in total. The second-order valence-corrected chi connectivity index (χ2v) is 7.10. The van der Waals surface area contributed by atoms with Crippen molar-refractivity contribution in [3.8, 4) is 22.8 Å². The number of carbonyl (C=O) groups is 1. The first kappa shape index (κ1) is 19.3. The van der Waals surface area contributed by atoms with Gasteiger partial charge in [0.25, 0.3) is 5.91 Å². The standard InChI is InChI=1S/C21H21ClN4O3/c1-28-18-8-3-13(9-19(18)29-2)11-23-20-12-24-21(27)17-10-16(25-26(17)20)14-4-6-15(22)7-5-14/h3-10,20,23H,11-12H2,1-2H3,(H,24,27). The lowest BCUT2D eigenvalue weighted by Gasteiger charge is -2.26. The summed E-state index contributed by atoms with van der Waals surface area (Å²) in [5.41, 5.74) is 3.19. The van der Waals surface area contributed by atoms with Crippen molar-refractivity contribution in [3.05, 3.63) is 64.8 Å². The molecule has 0 aliphatic carbocycles. The van der Waals surface area contributed by atoms with Crippen LogP contribution in [0.25, 0.3) is 11.3 Å². The number of nitrogens with one attached hydrogen (secondary N) is 2. The Kier molecular flexibility index (Phi) is 5.42. The summed E-state index contributed by atoms with van der Waals surface area (Å²) in [6.45, 7) is 1.03. The van der Waals surface area contributed by atoms with E-state index in [0.29, 0.717) is 35.3 Å². The highest BCUT2D eigenvalue weighted by Gasteiger charge is 2.27. The number of hydrogen-bond donors (Lipinski definition) is 2. The minimum Gasteiger partial charge on any atom is -0.493 e. The molecule has 4 rings (SSSR count). The maximum atomic E-state index is 12.3. The molecule has 1 atom stereocenters. The van der Waals surface area contributed by atoms with Gasteiger partial charge in [-0.2, -0.15) is 5.10 Å². The van der Waals surface area contributed by atoms with E-state index in [9.17, 15) is 4.79 Å². The van der Waals surface area contributed by atoms with Crippen LogP contribution in [0, 0.1) is 0 Å². The van der Waals surface area contributed by atoms with Gasteiger partial charge in [-0.05, 0) is 35.9 Å². The summed E-state index contributed by atoms with van der Waals surface area (Å²) in [5.74, 6) is 1.22. The number of ether oxygens (including phenoxy) is 2. The van der Waals surface area contributed by atoms with E-state index in [4.69, 9.17) is 21.1 Å². The van der Waals surface area contributed by atoms with Gasteiger partial charge in [0.2, 0.25) is 0 Å². The number of carbonyl (C=O) groups excluding carboxylic acids is 1. The van der Waals surface area contributed by atoms with E-state index >= 15 is 0 Å². The van der Waals surface area contributed by atoms with E-state index in [1.165, 1.54) is 0 Å². The molecule has 0 saturated carbocycles. The third-order valence-electron chi connectivity index (χ3n) is 4.85. The van der Waals surface area contributed by atoms with E-state index in [2.05, 4.69) is 15.7 Å². The van der Waals surface area contributed by atoms with Crippen LogP contribution in [0.15, 0.2) is 48.5 Å². The summed E-state index contributed by atoms with van der Waals surface area (Å²) >= 11 is 5.97. The van der Waals surface area contributed by atoms with Crippen molar-refractivity contribution in [3.63, 3.8) is 0 Å². The van der Waals surface area contributed by atoms with Crippen molar-refractivity contribution in [2.45, 2.75) is 12.7 Å². The molecule has 1 aliphatic heterocycles. The summed E-state index contributed by atoms with van der Waals surface area (Å²) in [4.78, 5) is 12.3. The number of fused-ring (bicyclic) bond motifs is 1. The first-order valence-electron chi connectivity index (χ1n) is 9.17. The van der Waals surface area contributed by atoms with Gasteiger partial charge in [0.05, 0.1) is 26.5 Å². The second kappa shape index (κ2) is 8.14. The Morgan fingerprint density at radius 1 is 1.14 bits per heavy atom. The molecular formula is C21H21ClN4O3. The maximum absolute atomic E-state index is 12.3. The molecule has 2 heterocycles. The lowest BCUT2D eigenvalue weighted by atomic mass is 10.1. The molecule has 0 bridgehead atoms. The van der Waals surface area contributed by atoms with E-state index in [1.54, 1.807) is 25.0 Å². The zero-order valence-corrected chi connectivity index (χ0v) is 16.9. The SMILES string of the molecule is COc1ccc(CNC2CNC(=O)c3cc(-c4ccc(Cl)cc4)nn32)cc1OC. The molecule has 0 spiro atoms. The van der Waals surface area contributed by atoms with Crippen molar-refractivity contribution in [1.29, 1.82) is 0 Å². The normalized spacial score (nSPS) is 15.6. The fraction of sp³-hybridized carbons (Fsp3) is 0.238. The van der Waals surface area contributed by atoms with Gasteiger partial charge >= 0.3 is 0 Å². The zero-order valence-electron chi connectivity index (χ0n) is 16.1. The van der Waals surface area contributed by atoms with Crippen LogP contribution < -0.4 is 20.1 Å². The molecule has 1 unspecified atom stereocenters. The van der Waals surface area contributed by atoms with Crippen molar-refractivity contribution < 1.29 is 14.3 Å². The smallest absolute Gasteiger partial charge is 0.269 e. The van der Waals surface area contributed by atoms with Gasteiger partial charge in [-0.1, -0.05) is 29.8 Å². The van der Waals surface area contributed by atoms with Crippen LogP contribution in [-0.4, -0.2) is 36.5 Å². The average molecular weight is 413 g/mol. The highest BCUT2D eigenvalue weighted by atomic mass is 35.5. The Balaban J connectivity index is 1.55. The van der Waals surface area contributed by atoms with Crippen LogP contribution in [0.1, 0.15) is 22.2 Å². The largest absolute Gasteiger partial charge is 0.493 e. The number of aromatic nitrogens is 2. The number of nitrogens with zero attached hydrogens (tertiary/aromatic N) is 2. The summed E-state index contributed by atoms with van der Waals surface area (Å²) in [5, 5.41) is 11.7. The number of halogens is 1. The van der Waals surface area contributed by atoms with Crippen LogP contribution in [0.2, 0.25) is 5.02 Å². The Morgan fingerprint density at radius 2 is 1.90 bits per heavy atom. The second-order valence-electron chi connectivity index (χ2n) is 6.66. The fourth-order valence-corrected chi connectivity index (χ4v) is 3.44. The molecule has 2 aromatic carbocycles. The maximum Gasteiger partial charge on any atom is 0.269 e. The predicted molar refractivity (Wildman–Crippen MR) is 110 cm³/mol. The number of rotatable bonds is 6. The average Bonchev–Trinajstić information content (AvgIpc) is 3.20. The van der Waals surface area contributed by atoms with Gasteiger partial charge < -0.3 is 14.8 Å². The molecule has 150 valence electrons. The van der Waals surface area contributed by atoms with Crippen molar-refractivity contribution in [2.24, 2.45) is 0 Å². The zero-order chi connectivity index (χ0) is 20.4. The lowest BCUT2D eigenvalue weighted by molar-refractivity contribution is 0.0900. The summed E-state index contributed by atoms with van der Waals surface area (Å²) in [7, 11) is 3.22. The quantitative estimate of drug-likeness (QED) is 0.649. The van der Waals surface area contributed by atoms with E-state index in [1.807, 2.05) is 42.5 Å². The van der Waals surface area contributed by atoms with Gasteiger partial charge in [0.1, 0.15) is 11.9 Å². The van der Waals surface area contributed by atoms with Crippen LogP contribution >= 0.6 is 11.6 Å². The van der Waals surface area contributed by atoms with Crippen LogP contribution in [0.3, 0.4) is 0 Å². The molecule has 7 nitrogen and oxygen atoms in total. The predicted octanol–water partition coefficient (Wildman–Crippen LogP) is 3.25. The minimum atomic E-state index is -0.170. The summed E-state index contributed by atoms with van der Waals surface area (Å²) in [6.07, 6.45) is -0.170. The number of methoxy groups -OCH3 is 2. The van der Waals surface area contributed by atoms with Crippen molar-refractivity contribution in [1.82, 2.24) is 20.4 Å². The Morgan fingerprint density at radius 3 is 2.62 bits per heavy atom. The Labute approximate surface area is 173 Å². The molecule has 0 radical (unpaired) electrons. The van der Waals surface area contributed by atoms with E-state index in [0.717, 1.165) is 16.8 Å². The first-order valence-corrected chi connectivity index (χ1v) is 9.55. The molecular weight excluding hydrogens is 392 g/mol. The molecule has 1 amide bonds. The Bertz CT molecular complexity index is 1030. The molecule has 1 aromatic heterocycles. The summed E-state index contributed by atoms with van der Waals surface area (Å²) in [6, 6.07) is 15.0. The summed E-state index contributed by atoms with van der Waals surface area (Å²) < 4.78 is 12.4. The van der Waals surface area contributed by atoms with Gasteiger partial charge in [-0.25, -0.2) is 4.68 Å². The van der Waals surface area contributed by atoms with E-state index < -0.39 is 0 Å². The first-order chi connectivity index (χ1) is 14.1. The fourth-order valence-electron chi connectivity index (χ4n) is 3.31. The third-order valence-corrected chi connectivity index (χ3v) is 5.10. The van der Waals surface area contributed by atoms with Gasteiger partial charge in [0, 0.05) is 17.1 Å². The minimum absolute atomic E-state index is 0.137. The van der Waals surface area contributed by atoms with Crippen molar-refractivity contribution >= 4 is 17.5 Å². The topological polar surface area (TPSA) is 77.4 Å². The molecule has 1 aliphatic rings. The lowest BCUT2D eigenvalue weighted by Crippen LogP contribution is -2.45. The van der Waals surface area contributed by atoms with Crippen LogP contribution in [0.4, 0.5) is 0 Å². The Hall–Kier alpha value is -3.03. The number of amides is 1. The van der Waals surface area contributed by atoms with Crippen LogP contribution in [-0.2, 0) is 6.54 Å². The monoisotopic (exact) mass is 412 g/mol. The molecule has 3 aromatic rings. The molecule has 0 saturated heterocycles. The van der Waals surface area contributed by atoms with Gasteiger partial charge in [-0.3, -0.25) is 10.1 Å². The third kappa shape index (κ3) is 3.92. The highest BCUT2D eigenvalue weighted by molar-refractivity contribution is 6.30. The number of benzene rings is 2.